The van der Waals surface area contributed by atoms with Gasteiger partial charge in [0.25, 0.3) is 0 Å². The zero-order chi connectivity index (χ0) is 11.4. The fourth-order valence-electron chi connectivity index (χ4n) is 2.05. The number of rotatable bonds is 6. The summed E-state index contributed by atoms with van der Waals surface area (Å²) in [5.74, 6) is -1.14. The lowest BCUT2D eigenvalue weighted by Crippen LogP contribution is -2.50. The maximum atomic E-state index is 10.9. The highest BCUT2D eigenvalue weighted by molar-refractivity contribution is 5.70. The zero-order valence-corrected chi connectivity index (χ0v) is 9.52. The SMILES string of the molecule is CC(C(=O)O)C(C)N(CCO)C1CCC1. The minimum absolute atomic E-state index is 0.0000463. The number of hydrogen-bond acceptors (Lipinski definition) is 3. The van der Waals surface area contributed by atoms with Gasteiger partial charge in [0, 0.05) is 18.6 Å². The molecule has 4 nitrogen and oxygen atoms in total. The molecule has 15 heavy (non-hydrogen) atoms. The number of carboxylic acid groups (broad SMARTS) is 1. The molecule has 1 aliphatic carbocycles. The van der Waals surface area contributed by atoms with E-state index in [1.165, 1.54) is 6.42 Å². The Hall–Kier alpha value is -0.610. The van der Waals surface area contributed by atoms with Crippen LogP contribution in [0.5, 0.6) is 0 Å². The minimum Gasteiger partial charge on any atom is -0.481 e. The van der Waals surface area contributed by atoms with Crippen molar-refractivity contribution in [3.63, 3.8) is 0 Å². The molecular formula is C11H21NO3. The summed E-state index contributed by atoms with van der Waals surface area (Å²) in [5.41, 5.74) is 0. The van der Waals surface area contributed by atoms with E-state index in [4.69, 9.17) is 10.2 Å². The van der Waals surface area contributed by atoms with E-state index in [1.54, 1.807) is 6.92 Å². The molecule has 0 bridgehead atoms. The first-order valence-electron chi connectivity index (χ1n) is 5.67. The van der Waals surface area contributed by atoms with Gasteiger partial charge in [-0.3, -0.25) is 9.69 Å². The predicted octanol–water partition coefficient (Wildman–Crippen LogP) is 0.942. The number of aliphatic hydroxyl groups excluding tert-OH is 1. The largest absolute Gasteiger partial charge is 0.481 e. The first-order chi connectivity index (χ1) is 7.07. The van der Waals surface area contributed by atoms with E-state index in [-0.39, 0.29) is 18.6 Å². The van der Waals surface area contributed by atoms with Crippen LogP contribution in [0, 0.1) is 5.92 Å². The molecule has 0 aliphatic heterocycles. The molecule has 2 atom stereocenters. The van der Waals surface area contributed by atoms with Crippen molar-refractivity contribution in [1.82, 2.24) is 4.90 Å². The number of carboxylic acids is 1. The Morgan fingerprint density at radius 2 is 2.07 bits per heavy atom. The van der Waals surface area contributed by atoms with Crippen molar-refractivity contribution in [1.29, 1.82) is 0 Å². The molecule has 2 N–H and O–H groups in total. The molecule has 0 saturated heterocycles. The van der Waals surface area contributed by atoms with E-state index in [9.17, 15) is 4.79 Å². The molecule has 1 fully saturated rings. The zero-order valence-electron chi connectivity index (χ0n) is 9.52. The number of hydrogen-bond donors (Lipinski definition) is 2. The van der Waals surface area contributed by atoms with E-state index < -0.39 is 5.97 Å². The molecule has 4 heteroatoms. The molecule has 0 aromatic heterocycles. The van der Waals surface area contributed by atoms with Crippen molar-refractivity contribution >= 4 is 5.97 Å². The lowest BCUT2D eigenvalue weighted by atomic mass is 9.88. The second-order valence-corrected chi connectivity index (χ2v) is 4.41. The van der Waals surface area contributed by atoms with Crippen molar-refractivity contribution in [2.75, 3.05) is 13.2 Å². The quantitative estimate of drug-likeness (QED) is 0.692. The predicted molar refractivity (Wildman–Crippen MR) is 57.7 cm³/mol. The molecule has 0 aromatic carbocycles. The van der Waals surface area contributed by atoms with Crippen LogP contribution >= 0.6 is 0 Å². The molecule has 0 amide bonds. The Kier molecular flexibility index (Phi) is 4.54. The molecule has 0 radical (unpaired) electrons. The fourth-order valence-corrected chi connectivity index (χ4v) is 2.05. The third-order valence-corrected chi connectivity index (χ3v) is 3.54. The van der Waals surface area contributed by atoms with Crippen molar-refractivity contribution in [3.05, 3.63) is 0 Å². The fraction of sp³-hybridized carbons (Fsp3) is 0.909. The van der Waals surface area contributed by atoms with Crippen LogP contribution in [0.3, 0.4) is 0 Å². The lowest BCUT2D eigenvalue weighted by molar-refractivity contribution is -0.144. The van der Waals surface area contributed by atoms with Crippen molar-refractivity contribution < 1.29 is 15.0 Å². The summed E-state index contributed by atoms with van der Waals surface area (Å²) in [7, 11) is 0. The van der Waals surface area contributed by atoms with Gasteiger partial charge in [-0.1, -0.05) is 13.3 Å². The Morgan fingerprint density at radius 1 is 1.47 bits per heavy atom. The summed E-state index contributed by atoms with van der Waals surface area (Å²) in [6, 6.07) is 0.480. The second kappa shape index (κ2) is 5.47. The lowest BCUT2D eigenvalue weighted by Gasteiger charge is -2.42. The highest BCUT2D eigenvalue weighted by Crippen LogP contribution is 2.28. The van der Waals surface area contributed by atoms with E-state index in [2.05, 4.69) is 4.90 Å². The summed E-state index contributed by atoms with van der Waals surface area (Å²) in [5, 5.41) is 17.9. The molecule has 1 rings (SSSR count). The normalized spacial score (nSPS) is 21.1. The second-order valence-electron chi connectivity index (χ2n) is 4.41. The van der Waals surface area contributed by atoms with Gasteiger partial charge >= 0.3 is 5.97 Å². The number of carbonyl (C=O) groups is 1. The van der Waals surface area contributed by atoms with Gasteiger partial charge in [0.05, 0.1) is 12.5 Å². The molecule has 0 heterocycles. The van der Waals surface area contributed by atoms with Crippen LogP contribution in [0.4, 0.5) is 0 Å². The Labute approximate surface area is 90.9 Å². The van der Waals surface area contributed by atoms with Gasteiger partial charge in [0.15, 0.2) is 0 Å². The maximum Gasteiger partial charge on any atom is 0.307 e. The van der Waals surface area contributed by atoms with Crippen LogP contribution in [-0.4, -0.2) is 46.3 Å². The molecule has 0 aromatic rings. The number of aliphatic hydroxyl groups is 1. The third-order valence-electron chi connectivity index (χ3n) is 3.54. The first kappa shape index (κ1) is 12.5. The van der Waals surface area contributed by atoms with Gasteiger partial charge in [-0.05, 0) is 19.8 Å². The number of nitrogens with zero attached hydrogens (tertiary/aromatic N) is 1. The first-order valence-corrected chi connectivity index (χ1v) is 5.67. The summed E-state index contributed by atoms with van der Waals surface area (Å²) >= 11 is 0. The van der Waals surface area contributed by atoms with Gasteiger partial charge in [-0.25, -0.2) is 0 Å². The molecule has 88 valence electrons. The maximum absolute atomic E-state index is 10.9. The van der Waals surface area contributed by atoms with Crippen LogP contribution < -0.4 is 0 Å². The van der Waals surface area contributed by atoms with Crippen LogP contribution in [-0.2, 0) is 4.79 Å². The van der Waals surface area contributed by atoms with Crippen molar-refractivity contribution in [3.8, 4) is 0 Å². The van der Waals surface area contributed by atoms with Crippen molar-refractivity contribution in [2.45, 2.75) is 45.2 Å². The third kappa shape index (κ3) is 2.92. The van der Waals surface area contributed by atoms with Gasteiger partial charge < -0.3 is 10.2 Å². The molecular weight excluding hydrogens is 194 g/mol. The molecule has 2 unspecified atom stereocenters. The molecule has 1 aliphatic rings. The van der Waals surface area contributed by atoms with Crippen LogP contribution in [0.2, 0.25) is 0 Å². The smallest absolute Gasteiger partial charge is 0.307 e. The number of aliphatic carboxylic acids is 1. The summed E-state index contributed by atoms with van der Waals surface area (Å²) in [6.07, 6.45) is 3.49. The molecule has 0 spiro atoms. The average Bonchev–Trinajstić information content (AvgIpc) is 2.12. The van der Waals surface area contributed by atoms with Gasteiger partial charge in [-0.2, -0.15) is 0 Å². The highest BCUT2D eigenvalue weighted by Gasteiger charge is 2.32. The minimum atomic E-state index is -0.759. The summed E-state index contributed by atoms with van der Waals surface area (Å²) < 4.78 is 0. The Balaban J connectivity index is 2.57. The Morgan fingerprint density at radius 3 is 2.40 bits per heavy atom. The van der Waals surface area contributed by atoms with E-state index in [1.807, 2.05) is 6.92 Å². The highest BCUT2D eigenvalue weighted by atomic mass is 16.4. The van der Waals surface area contributed by atoms with E-state index in [0.29, 0.717) is 12.6 Å². The van der Waals surface area contributed by atoms with Crippen LogP contribution in [0.1, 0.15) is 33.1 Å². The van der Waals surface area contributed by atoms with Gasteiger partial charge in [0.1, 0.15) is 0 Å². The van der Waals surface area contributed by atoms with Crippen LogP contribution in [0.15, 0.2) is 0 Å². The standard InChI is InChI=1S/C11H21NO3/c1-8(11(14)15)9(2)12(6-7-13)10-4-3-5-10/h8-10,13H,3-7H2,1-2H3,(H,14,15). The average molecular weight is 215 g/mol. The van der Waals surface area contributed by atoms with E-state index in [0.717, 1.165) is 12.8 Å². The monoisotopic (exact) mass is 215 g/mol. The summed E-state index contributed by atoms with van der Waals surface area (Å²) in [4.78, 5) is 13.0. The van der Waals surface area contributed by atoms with Crippen molar-refractivity contribution in [2.24, 2.45) is 5.92 Å². The Bertz CT molecular complexity index is 216. The summed E-state index contributed by atoms with van der Waals surface area (Å²) in [6.45, 7) is 4.36. The van der Waals surface area contributed by atoms with Crippen LogP contribution in [0.25, 0.3) is 0 Å². The van der Waals surface area contributed by atoms with E-state index >= 15 is 0 Å². The van der Waals surface area contributed by atoms with Gasteiger partial charge in [0.2, 0.25) is 0 Å². The topological polar surface area (TPSA) is 60.8 Å². The molecule has 1 saturated carbocycles. The van der Waals surface area contributed by atoms with Gasteiger partial charge in [-0.15, -0.1) is 0 Å².